The predicted molar refractivity (Wildman–Crippen MR) is 94.6 cm³/mol. The molecule has 1 amide bonds. The van der Waals surface area contributed by atoms with Crippen molar-refractivity contribution in [2.45, 2.75) is 25.8 Å². The van der Waals surface area contributed by atoms with Crippen LogP contribution in [0.4, 0.5) is 0 Å². The quantitative estimate of drug-likeness (QED) is 0.765. The second kappa shape index (κ2) is 7.17. The molecule has 1 N–H and O–H groups in total. The lowest BCUT2D eigenvalue weighted by molar-refractivity contribution is -0.00413. The van der Waals surface area contributed by atoms with Crippen molar-refractivity contribution in [3.63, 3.8) is 0 Å². The third-order valence-electron chi connectivity index (χ3n) is 4.75. The minimum atomic E-state index is -0.000863. The fraction of sp³-hybridized carbons (Fsp3) is 0.389. The Kier molecular flexibility index (Phi) is 4.57. The van der Waals surface area contributed by atoms with Gasteiger partial charge in [-0.05, 0) is 38.0 Å². The highest BCUT2D eigenvalue weighted by Crippen LogP contribution is 2.19. The van der Waals surface area contributed by atoms with Gasteiger partial charge in [-0.15, -0.1) is 0 Å². The van der Waals surface area contributed by atoms with Gasteiger partial charge in [0, 0.05) is 24.5 Å². The average molecular weight is 352 g/mol. The molecule has 8 heteroatoms. The van der Waals surface area contributed by atoms with E-state index in [2.05, 4.69) is 25.4 Å². The van der Waals surface area contributed by atoms with E-state index in [0.29, 0.717) is 30.8 Å². The third kappa shape index (κ3) is 3.28. The Bertz CT molecular complexity index is 925. The molecule has 3 aromatic rings. The van der Waals surface area contributed by atoms with Crippen LogP contribution in [-0.2, 0) is 11.2 Å². The molecule has 0 aliphatic carbocycles. The Hall–Kier alpha value is -2.87. The Morgan fingerprint density at radius 1 is 1.27 bits per heavy atom. The fourth-order valence-electron chi connectivity index (χ4n) is 3.29. The Labute approximate surface area is 150 Å². The van der Waals surface area contributed by atoms with Gasteiger partial charge in [-0.1, -0.05) is 0 Å². The molecule has 1 aliphatic heterocycles. The van der Waals surface area contributed by atoms with E-state index in [0.717, 1.165) is 29.7 Å². The number of ether oxygens (including phenoxy) is 1. The number of fused-ring (bicyclic) bond motifs is 1. The van der Waals surface area contributed by atoms with Crippen molar-refractivity contribution in [3.05, 3.63) is 47.5 Å². The minimum Gasteiger partial charge on any atom is -0.377 e. The molecule has 1 aromatic carbocycles. The van der Waals surface area contributed by atoms with Crippen LogP contribution in [0, 0.1) is 6.92 Å². The number of nitrogens with zero attached hydrogens (tertiary/aromatic N) is 5. The zero-order valence-electron chi connectivity index (χ0n) is 14.6. The summed E-state index contributed by atoms with van der Waals surface area (Å²) in [7, 11) is 0. The summed E-state index contributed by atoms with van der Waals surface area (Å²) in [5, 5.41) is 10.7. The number of morpholine rings is 1. The van der Waals surface area contributed by atoms with E-state index in [1.165, 1.54) is 0 Å². The maximum atomic E-state index is 13.0. The third-order valence-corrected chi connectivity index (χ3v) is 4.75. The largest absolute Gasteiger partial charge is 0.377 e. The number of aromatic nitrogens is 5. The lowest BCUT2D eigenvalue weighted by Crippen LogP contribution is -2.48. The van der Waals surface area contributed by atoms with Crippen molar-refractivity contribution in [1.29, 1.82) is 0 Å². The molecule has 134 valence electrons. The van der Waals surface area contributed by atoms with Gasteiger partial charge < -0.3 is 9.64 Å². The second-order valence-corrected chi connectivity index (χ2v) is 6.38. The molecular weight excluding hydrogens is 332 g/mol. The normalized spacial score (nSPS) is 17.6. The van der Waals surface area contributed by atoms with Crippen molar-refractivity contribution < 1.29 is 9.53 Å². The predicted octanol–water partition coefficient (Wildman–Crippen LogP) is 1.53. The van der Waals surface area contributed by atoms with Gasteiger partial charge in [0.25, 0.3) is 5.91 Å². The molecule has 3 heterocycles. The van der Waals surface area contributed by atoms with Gasteiger partial charge >= 0.3 is 0 Å². The number of rotatable bonds is 4. The van der Waals surface area contributed by atoms with Crippen LogP contribution in [0.5, 0.6) is 0 Å². The van der Waals surface area contributed by atoms with E-state index in [1.54, 1.807) is 24.5 Å². The molecular formula is C18H20N6O2. The smallest absolute Gasteiger partial charge is 0.254 e. The number of carbonyl (C=O) groups excluding carboxylic acids is 1. The fourth-order valence-corrected chi connectivity index (χ4v) is 3.29. The number of H-pyrrole nitrogens is 1. The molecule has 0 unspecified atom stereocenters. The second-order valence-electron chi connectivity index (χ2n) is 6.38. The first-order chi connectivity index (χ1) is 12.7. The van der Waals surface area contributed by atoms with Gasteiger partial charge in [0.2, 0.25) is 0 Å². The summed E-state index contributed by atoms with van der Waals surface area (Å²) in [6.07, 6.45) is 4.95. The number of aryl methyl sites for hydroxylation is 2. The summed E-state index contributed by atoms with van der Waals surface area (Å²) in [5.41, 5.74) is 3.95. The van der Waals surface area contributed by atoms with Crippen LogP contribution in [-0.4, -0.2) is 62.0 Å². The molecule has 4 rings (SSSR count). The highest BCUT2D eigenvalue weighted by molar-refractivity contribution is 5.97. The SMILES string of the molecule is Cc1nccnc1CC[C@H]1COCCN1C(=O)c1ccc2n[nH]nc2c1. The molecule has 0 radical (unpaired) electrons. The van der Waals surface area contributed by atoms with Crippen LogP contribution in [0.25, 0.3) is 11.0 Å². The van der Waals surface area contributed by atoms with Gasteiger partial charge in [0.1, 0.15) is 11.0 Å². The zero-order chi connectivity index (χ0) is 17.9. The average Bonchev–Trinajstić information content (AvgIpc) is 3.15. The van der Waals surface area contributed by atoms with Gasteiger partial charge in [-0.2, -0.15) is 15.4 Å². The zero-order valence-corrected chi connectivity index (χ0v) is 14.6. The van der Waals surface area contributed by atoms with Crippen LogP contribution in [0.2, 0.25) is 0 Å². The molecule has 1 saturated heterocycles. The molecule has 26 heavy (non-hydrogen) atoms. The summed E-state index contributed by atoms with van der Waals surface area (Å²) < 4.78 is 5.62. The Balaban J connectivity index is 1.51. The molecule has 0 bridgehead atoms. The van der Waals surface area contributed by atoms with E-state index >= 15 is 0 Å². The monoisotopic (exact) mass is 352 g/mol. The highest BCUT2D eigenvalue weighted by atomic mass is 16.5. The number of aromatic amines is 1. The first kappa shape index (κ1) is 16.6. The summed E-state index contributed by atoms with van der Waals surface area (Å²) >= 11 is 0. The lowest BCUT2D eigenvalue weighted by Gasteiger charge is -2.35. The Morgan fingerprint density at radius 3 is 3.00 bits per heavy atom. The van der Waals surface area contributed by atoms with E-state index in [4.69, 9.17) is 4.74 Å². The minimum absolute atomic E-state index is 0.000863. The number of benzene rings is 1. The van der Waals surface area contributed by atoms with Gasteiger partial charge in [0.15, 0.2) is 0 Å². The van der Waals surface area contributed by atoms with E-state index in [-0.39, 0.29) is 11.9 Å². The maximum Gasteiger partial charge on any atom is 0.254 e. The van der Waals surface area contributed by atoms with Crippen molar-refractivity contribution in [1.82, 2.24) is 30.3 Å². The standard InChI is InChI=1S/C18H20N6O2/c1-12-15(20-7-6-19-12)5-3-14-11-26-9-8-24(14)18(25)13-2-4-16-17(10-13)22-23-21-16/h2,4,6-7,10,14H,3,5,8-9,11H2,1H3,(H,21,22,23)/t14-/m0/s1. The van der Waals surface area contributed by atoms with Gasteiger partial charge in [-0.3, -0.25) is 14.8 Å². The van der Waals surface area contributed by atoms with Crippen molar-refractivity contribution in [3.8, 4) is 0 Å². The van der Waals surface area contributed by atoms with Crippen LogP contribution in [0.15, 0.2) is 30.6 Å². The van der Waals surface area contributed by atoms with Crippen LogP contribution in [0.3, 0.4) is 0 Å². The van der Waals surface area contributed by atoms with Gasteiger partial charge in [-0.25, -0.2) is 0 Å². The lowest BCUT2D eigenvalue weighted by atomic mass is 10.0. The maximum absolute atomic E-state index is 13.0. The number of hydrogen-bond donors (Lipinski definition) is 1. The molecule has 1 atom stereocenters. The van der Waals surface area contributed by atoms with E-state index in [9.17, 15) is 4.79 Å². The van der Waals surface area contributed by atoms with Gasteiger partial charge in [0.05, 0.1) is 30.6 Å². The first-order valence-corrected chi connectivity index (χ1v) is 8.68. The number of nitrogens with one attached hydrogen (secondary N) is 1. The Morgan fingerprint density at radius 2 is 2.12 bits per heavy atom. The molecule has 0 saturated carbocycles. The number of amides is 1. The summed E-state index contributed by atoms with van der Waals surface area (Å²) in [6, 6.07) is 5.41. The van der Waals surface area contributed by atoms with E-state index < -0.39 is 0 Å². The van der Waals surface area contributed by atoms with Crippen LogP contribution >= 0.6 is 0 Å². The molecule has 2 aromatic heterocycles. The molecule has 8 nitrogen and oxygen atoms in total. The van der Waals surface area contributed by atoms with Crippen molar-refractivity contribution >= 4 is 16.9 Å². The summed E-state index contributed by atoms with van der Waals surface area (Å²) in [6.45, 7) is 3.63. The van der Waals surface area contributed by atoms with Crippen LogP contribution in [0.1, 0.15) is 28.2 Å². The highest BCUT2D eigenvalue weighted by Gasteiger charge is 2.28. The molecule has 1 aliphatic rings. The molecule has 0 spiro atoms. The molecule has 1 fully saturated rings. The van der Waals surface area contributed by atoms with Crippen molar-refractivity contribution in [2.75, 3.05) is 19.8 Å². The first-order valence-electron chi connectivity index (χ1n) is 8.68. The number of hydrogen-bond acceptors (Lipinski definition) is 6. The number of carbonyl (C=O) groups is 1. The summed E-state index contributed by atoms with van der Waals surface area (Å²) in [4.78, 5) is 23.6. The summed E-state index contributed by atoms with van der Waals surface area (Å²) in [5.74, 6) is -0.000863. The topological polar surface area (TPSA) is 96.9 Å². The van der Waals surface area contributed by atoms with E-state index in [1.807, 2.05) is 17.9 Å². The van der Waals surface area contributed by atoms with Crippen molar-refractivity contribution in [2.24, 2.45) is 0 Å². The van der Waals surface area contributed by atoms with Crippen LogP contribution < -0.4 is 0 Å².